The molecule has 0 fully saturated rings. The maximum atomic E-state index is 12.3. The molecule has 0 aliphatic carbocycles. The Kier molecular flexibility index (Phi) is 3.33. The zero-order chi connectivity index (χ0) is 14.0. The highest BCUT2D eigenvalue weighted by atomic mass is 16.1. The summed E-state index contributed by atoms with van der Waals surface area (Å²) in [5, 5.41) is 0. The number of benzene rings is 2. The molecular formula is C15H14N2O2. The summed E-state index contributed by atoms with van der Waals surface area (Å²) in [7, 11) is 0. The highest BCUT2D eigenvalue weighted by molar-refractivity contribution is 6.11. The van der Waals surface area contributed by atoms with E-state index >= 15 is 0 Å². The van der Waals surface area contributed by atoms with E-state index in [1.165, 1.54) is 6.07 Å². The van der Waals surface area contributed by atoms with Crippen LogP contribution in [-0.4, -0.2) is 11.7 Å². The van der Waals surface area contributed by atoms with Crippen molar-refractivity contribution in [2.75, 3.05) is 5.73 Å². The molecule has 0 aromatic heterocycles. The van der Waals surface area contributed by atoms with Gasteiger partial charge in [0.2, 0.25) is 0 Å². The molecule has 2 aromatic rings. The van der Waals surface area contributed by atoms with Crippen molar-refractivity contribution in [3.8, 4) is 0 Å². The smallest absolute Gasteiger partial charge is 0.250 e. The van der Waals surface area contributed by atoms with Gasteiger partial charge in [-0.3, -0.25) is 9.59 Å². The van der Waals surface area contributed by atoms with E-state index in [1.54, 1.807) is 37.3 Å². The first-order chi connectivity index (χ1) is 9.00. The van der Waals surface area contributed by atoms with E-state index in [0.29, 0.717) is 22.4 Å². The van der Waals surface area contributed by atoms with E-state index in [2.05, 4.69) is 0 Å². The molecule has 0 radical (unpaired) electrons. The Morgan fingerprint density at radius 2 is 1.63 bits per heavy atom. The van der Waals surface area contributed by atoms with Crippen molar-refractivity contribution in [1.29, 1.82) is 0 Å². The van der Waals surface area contributed by atoms with Gasteiger partial charge in [-0.2, -0.15) is 0 Å². The second kappa shape index (κ2) is 4.94. The molecular weight excluding hydrogens is 240 g/mol. The summed E-state index contributed by atoms with van der Waals surface area (Å²) in [4.78, 5) is 23.6. The fourth-order valence-electron chi connectivity index (χ4n) is 1.89. The van der Waals surface area contributed by atoms with Crippen molar-refractivity contribution < 1.29 is 9.59 Å². The monoisotopic (exact) mass is 254 g/mol. The van der Waals surface area contributed by atoms with Crippen LogP contribution >= 0.6 is 0 Å². The van der Waals surface area contributed by atoms with Gasteiger partial charge in [-0.1, -0.05) is 30.3 Å². The highest BCUT2D eigenvalue weighted by Gasteiger charge is 2.15. The standard InChI is InChI=1S/C15H14N2O2/c1-9-7-11(8-12(13(9)16)15(17)19)14(18)10-5-3-2-4-6-10/h2-8H,16H2,1H3,(H2,17,19). The molecule has 19 heavy (non-hydrogen) atoms. The zero-order valence-electron chi connectivity index (χ0n) is 10.5. The fourth-order valence-corrected chi connectivity index (χ4v) is 1.89. The minimum Gasteiger partial charge on any atom is -0.398 e. The van der Waals surface area contributed by atoms with Crippen LogP contribution < -0.4 is 11.5 Å². The maximum Gasteiger partial charge on any atom is 0.250 e. The number of nitrogen functional groups attached to an aromatic ring is 1. The minimum absolute atomic E-state index is 0.161. The normalized spacial score (nSPS) is 10.2. The molecule has 1 amide bonds. The lowest BCUT2D eigenvalue weighted by Crippen LogP contribution is -2.16. The predicted octanol–water partition coefficient (Wildman–Crippen LogP) is 1.91. The fraction of sp³-hybridized carbons (Fsp3) is 0.0667. The number of nitrogens with two attached hydrogens (primary N) is 2. The van der Waals surface area contributed by atoms with Crippen LogP contribution in [-0.2, 0) is 0 Å². The van der Waals surface area contributed by atoms with Gasteiger partial charge < -0.3 is 11.5 Å². The third-order valence-electron chi connectivity index (χ3n) is 2.95. The van der Waals surface area contributed by atoms with Gasteiger partial charge in [-0.05, 0) is 24.6 Å². The van der Waals surface area contributed by atoms with Crippen LogP contribution in [0.1, 0.15) is 31.8 Å². The van der Waals surface area contributed by atoms with Crippen molar-refractivity contribution in [2.45, 2.75) is 6.92 Å². The molecule has 0 aliphatic rings. The summed E-state index contributed by atoms with van der Waals surface area (Å²) < 4.78 is 0. The maximum absolute atomic E-state index is 12.3. The molecule has 0 atom stereocenters. The van der Waals surface area contributed by atoms with Crippen molar-refractivity contribution in [2.24, 2.45) is 5.73 Å². The molecule has 0 saturated heterocycles. The molecule has 0 unspecified atom stereocenters. The van der Waals surface area contributed by atoms with E-state index in [0.717, 1.165) is 0 Å². The first kappa shape index (κ1) is 12.8. The second-order valence-electron chi connectivity index (χ2n) is 4.31. The molecule has 0 saturated carbocycles. The Bertz CT molecular complexity index is 649. The Hall–Kier alpha value is -2.62. The number of carbonyl (C=O) groups is 2. The molecule has 0 spiro atoms. The third kappa shape index (κ3) is 2.47. The molecule has 4 nitrogen and oxygen atoms in total. The molecule has 0 heterocycles. The number of ketones is 1. The Morgan fingerprint density at radius 3 is 2.21 bits per heavy atom. The lowest BCUT2D eigenvalue weighted by atomic mass is 9.97. The van der Waals surface area contributed by atoms with Crippen LogP contribution in [0.3, 0.4) is 0 Å². The number of hydrogen-bond donors (Lipinski definition) is 2. The van der Waals surface area contributed by atoms with Crippen molar-refractivity contribution in [3.63, 3.8) is 0 Å². The lowest BCUT2D eigenvalue weighted by Gasteiger charge is -2.09. The minimum atomic E-state index is -0.636. The quantitative estimate of drug-likeness (QED) is 0.648. The van der Waals surface area contributed by atoms with Gasteiger partial charge in [0.1, 0.15) is 0 Å². The zero-order valence-corrected chi connectivity index (χ0v) is 10.5. The van der Waals surface area contributed by atoms with Gasteiger partial charge in [0.25, 0.3) is 5.91 Å². The Morgan fingerprint density at radius 1 is 1.00 bits per heavy atom. The Labute approximate surface area is 111 Å². The summed E-state index contributed by atoms with van der Waals surface area (Å²) in [6.07, 6.45) is 0. The van der Waals surface area contributed by atoms with Crippen LogP contribution in [0.2, 0.25) is 0 Å². The van der Waals surface area contributed by atoms with E-state index in [9.17, 15) is 9.59 Å². The Balaban J connectivity index is 2.52. The number of rotatable bonds is 3. The number of amides is 1. The van der Waals surface area contributed by atoms with Gasteiger partial charge in [0.05, 0.1) is 5.56 Å². The van der Waals surface area contributed by atoms with Crippen molar-refractivity contribution in [1.82, 2.24) is 0 Å². The number of anilines is 1. The van der Waals surface area contributed by atoms with Crippen LogP contribution in [0, 0.1) is 6.92 Å². The molecule has 96 valence electrons. The van der Waals surface area contributed by atoms with Crippen LogP contribution in [0.15, 0.2) is 42.5 Å². The van der Waals surface area contributed by atoms with Crippen molar-refractivity contribution in [3.05, 3.63) is 64.7 Å². The van der Waals surface area contributed by atoms with Gasteiger partial charge in [-0.15, -0.1) is 0 Å². The summed E-state index contributed by atoms with van der Waals surface area (Å²) in [6, 6.07) is 12.0. The number of primary amides is 1. The van der Waals surface area contributed by atoms with E-state index in [4.69, 9.17) is 11.5 Å². The summed E-state index contributed by atoms with van der Waals surface area (Å²) in [6.45, 7) is 1.74. The van der Waals surface area contributed by atoms with E-state index in [-0.39, 0.29) is 11.3 Å². The van der Waals surface area contributed by atoms with Gasteiger partial charge in [0, 0.05) is 16.8 Å². The van der Waals surface area contributed by atoms with Crippen molar-refractivity contribution >= 4 is 17.4 Å². The average molecular weight is 254 g/mol. The number of aryl methyl sites for hydroxylation is 1. The topological polar surface area (TPSA) is 86.2 Å². The van der Waals surface area contributed by atoms with Crippen LogP contribution in [0.5, 0.6) is 0 Å². The molecule has 0 bridgehead atoms. The van der Waals surface area contributed by atoms with Gasteiger partial charge in [0.15, 0.2) is 5.78 Å². The van der Waals surface area contributed by atoms with Gasteiger partial charge in [-0.25, -0.2) is 0 Å². The lowest BCUT2D eigenvalue weighted by molar-refractivity contribution is 0.100. The SMILES string of the molecule is Cc1cc(C(=O)c2ccccc2)cc(C(N)=O)c1N. The summed E-state index contributed by atoms with van der Waals surface area (Å²) >= 11 is 0. The predicted molar refractivity (Wildman–Crippen MR) is 74.0 cm³/mol. The molecule has 0 aliphatic heterocycles. The third-order valence-corrected chi connectivity index (χ3v) is 2.95. The largest absolute Gasteiger partial charge is 0.398 e. The molecule has 2 rings (SSSR count). The molecule has 4 N–H and O–H groups in total. The second-order valence-corrected chi connectivity index (χ2v) is 4.31. The number of hydrogen-bond acceptors (Lipinski definition) is 3. The number of carbonyl (C=O) groups excluding carboxylic acids is 2. The van der Waals surface area contributed by atoms with E-state index in [1.807, 2.05) is 6.07 Å². The molecule has 2 aromatic carbocycles. The van der Waals surface area contributed by atoms with Crippen LogP contribution in [0.4, 0.5) is 5.69 Å². The van der Waals surface area contributed by atoms with Crippen LogP contribution in [0.25, 0.3) is 0 Å². The van der Waals surface area contributed by atoms with E-state index < -0.39 is 5.91 Å². The highest BCUT2D eigenvalue weighted by Crippen LogP contribution is 2.21. The first-order valence-corrected chi connectivity index (χ1v) is 5.80. The molecule has 4 heteroatoms. The van der Waals surface area contributed by atoms with Gasteiger partial charge >= 0.3 is 0 Å². The first-order valence-electron chi connectivity index (χ1n) is 5.80. The summed E-state index contributed by atoms with van der Waals surface area (Å²) in [5.41, 5.74) is 13.2. The summed E-state index contributed by atoms with van der Waals surface area (Å²) in [5.74, 6) is -0.797. The average Bonchev–Trinajstić information content (AvgIpc) is 2.41.